The van der Waals surface area contributed by atoms with E-state index < -0.39 is 24.1 Å². The van der Waals surface area contributed by atoms with Gasteiger partial charge < -0.3 is 20.8 Å². The molecule has 0 heterocycles. The molecule has 0 spiro atoms. The molecule has 7 nitrogen and oxygen atoms in total. The van der Waals surface area contributed by atoms with Crippen molar-refractivity contribution in [3.8, 4) is 6.07 Å². The summed E-state index contributed by atoms with van der Waals surface area (Å²) >= 11 is 0. The highest BCUT2D eigenvalue weighted by atomic mass is 16.4. The predicted octanol–water partition coefficient (Wildman–Crippen LogP) is 0.822. The Morgan fingerprint density at radius 3 is 2.55 bits per heavy atom. The molecule has 4 N–H and O–H groups in total. The minimum atomic E-state index is -1.41. The van der Waals surface area contributed by atoms with Crippen LogP contribution < -0.4 is 10.6 Å². The van der Waals surface area contributed by atoms with E-state index in [1.54, 1.807) is 19.1 Å². The molecule has 2 amide bonds. The van der Waals surface area contributed by atoms with Gasteiger partial charge >= 0.3 is 12.0 Å². The first-order chi connectivity index (χ1) is 9.35. The van der Waals surface area contributed by atoms with E-state index in [4.69, 9.17) is 10.4 Å². The predicted molar refractivity (Wildman–Crippen MR) is 71.2 cm³/mol. The van der Waals surface area contributed by atoms with Gasteiger partial charge in [-0.25, -0.2) is 9.59 Å². The van der Waals surface area contributed by atoms with Crippen LogP contribution in [0.5, 0.6) is 0 Å². The summed E-state index contributed by atoms with van der Waals surface area (Å²) in [6.07, 6.45) is -1.23. The number of aliphatic hydroxyl groups is 1. The summed E-state index contributed by atoms with van der Waals surface area (Å²) in [6.45, 7) is 3.00. The molecule has 1 aromatic carbocycles. The summed E-state index contributed by atoms with van der Waals surface area (Å²) in [5, 5.41) is 31.5. The fraction of sp³-hybridized carbons (Fsp3) is 0.308. The van der Waals surface area contributed by atoms with Crippen LogP contribution in [0.3, 0.4) is 0 Å². The molecular formula is C13H15N3O4. The lowest BCUT2D eigenvalue weighted by Crippen LogP contribution is -2.49. The average molecular weight is 277 g/mol. The van der Waals surface area contributed by atoms with E-state index in [0.29, 0.717) is 11.3 Å². The van der Waals surface area contributed by atoms with Crippen LogP contribution in [0.15, 0.2) is 18.2 Å². The zero-order valence-electron chi connectivity index (χ0n) is 11.0. The molecular weight excluding hydrogens is 262 g/mol. The van der Waals surface area contributed by atoms with E-state index in [1.807, 2.05) is 6.07 Å². The molecule has 2 atom stereocenters. The molecule has 0 bridgehead atoms. The first kappa shape index (κ1) is 15.5. The Morgan fingerprint density at radius 2 is 2.05 bits per heavy atom. The lowest BCUT2D eigenvalue weighted by molar-refractivity contribution is -0.141. The molecule has 0 aliphatic heterocycles. The van der Waals surface area contributed by atoms with Gasteiger partial charge in [0.2, 0.25) is 0 Å². The zero-order valence-corrected chi connectivity index (χ0v) is 11.0. The summed E-state index contributed by atoms with van der Waals surface area (Å²) in [4.78, 5) is 22.6. The van der Waals surface area contributed by atoms with E-state index in [2.05, 4.69) is 10.6 Å². The number of aryl methyl sites for hydroxylation is 1. The molecule has 1 rings (SSSR count). The highest BCUT2D eigenvalue weighted by Gasteiger charge is 2.25. The second kappa shape index (κ2) is 6.54. The molecule has 2 unspecified atom stereocenters. The number of urea groups is 1. The molecule has 0 radical (unpaired) electrons. The fourth-order valence-electron chi connectivity index (χ4n) is 1.51. The van der Waals surface area contributed by atoms with Crippen LogP contribution in [-0.2, 0) is 4.79 Å². The van der Waals surface area contributed by atoms with Gasteiger partial charge in [0, 0.05) is 5.69 Å². The van der Waals surface area contributed by atoms with Crippen molar-refractivity contribution in [2.24, 2.45) is 0 Å². The van der Waals surface area contributed by atoms with Gasteiger partial charge in [0.1, 0.15) is 0 Å². The molecule has 0 aliphatic rings. The van der Waals surface area contributed by atoms with Crippen LogP contribution >= 0.6 is 0 Å². The number of rotatable bonds is 4. The van der Waals surface area contributed by atoms with E-state index in [-0.39, 0.29) is 0 Å². The number of anilines is 1. The molecule has 0 saturated heterocycles. The minimum Gasteiger partial charge on any atom is -0.480 e. The van der Waals surface area contributed by atoms with Crippen molar-refractivity contribution in [2.45, 2.75) is 26.0 Å². The summed E-state index contributed by atoms with van der Waals surface area (Å²) in [5.41, 5.74) is 1.50. The molecule has 0 fully saturated rings. The number of benzene rings is 1. The summed E-state index contributed by atoms with van der Waals surface area (Å²) in [5.74, 6) is -1.34. The number of nitriles is 1. The number of carbonyl (C=O) groups excluding carboxylic acids is 1. The smallest absolute Gasteiger partial charge is 0.328 e. The van der Waals surface area contributed by atoms with Gasteiger partial charge in [-0.2, -0.15) is 5.26 Å². The number of nitrogens with one attached hydrogen (secondary N) is 2. The Bertz CT molecular complexity index is 563. The lowest BCUT2D eigenvalue weighted by atomic mass is 10.1. The number of nitrogens with zero attached hydrogens (tertiary/aromatic N) is 1. The maximum absolute atomic E-state index is 11.7. The second-order valence-electron chi connectivity index (χ2n) is 4.30. The average Bonchev–Trinajstić information content (AvgIpc) is 2.37. The first-order valence-electron chi connectivity index (χ1n) is 5.84. The third-order valence-electron chi connectivity index (χ3n) is 2.65. The van der Waals surface area contributed by atoms with Gasteiger partial charge in [-0.15, -0.1) is 0 Å². The van der Waals surface area contributed by atoms with Gasteiger partial charge in [-0.1, -0.05) is 6.07 Å². The highest BCUT2D eigenvalue weighted by molar-refractivity contribution is 5.93. The second-order valence-corrected chi connectivity index (χ2v) is 4.30. The normalized spacial score (nSPS) is 12.9. The van der Waals surface area contributed by atoms with Crippen molar-refractivity contribution in [1.82, 2.24) is 5.32 Å². The van der Waals surface area contributed by atoms with Crippen LogP contribution in [0.4, 0.5) is 10.5 Å². The zero-order chi connectivity index (χ0) is 15.3. The number of carboxylic acid groups (broad SMARTS) is 1. The number of carboxylic acids is 1. The Labute approximate surface area is 115 Å². The molecule has 0 saturated carbocycles. The number of amides is 2. The maximum Gasteiger partial charge on any atom is 0.328 e. The molecule has 7 heteroatoms. The Balaban J connectivity index is 2.81. The topological polar surface area (TPSA) is 122 Å². The van der Waals surface area contributed by atoms with Crippen LogP contribution in [0.2, 0.25) is 0 Å². The van der Waals surface area contributed by atoms with Crippen molar-refractivity contribution < 1.29 is 19.8 Å². The first-order valence-corrected chi connectivity index (χ1v) is 5.84. The van der Waals surface area contributed by atoms with Crippen molar-refractivity contribution in [2.75, 3.05) is 5.32 Å². The van der Waals surface area contributed by atoms with Crippen molar-refractivity contribution in [3.63, 3.8) is 0 Å². The van der Waals surface area contributed by atoms with Crippen molar-refractivity contribution >= 4 is 17.7 Å². The van der Waals surface area contributed by atoms with E-state index >= 15 is 0 Å². The summed E-state index contributed by atoms with van der Waals surface area (Å²) in [6, 6.07) is 4.51. The fourth-order valence-corrected chi connectivity index (χ4v) is 1.51. The number of hydrogen-bond acceptors (Lipinski definition) is 4. The molecule has 20 heavy (non-hydrogen) atoms. The number of carbonyl (C=O) groups is 2. The van der Waals surface area contributed by atoms with Crippen molar-refractivity contribution in [1.29, 1.82) is 5.26 Å². The van der Waals surface area contributed by atoms with E-state index in [9.17, 15) is 14.7 Å². The molecule has 106 valence electrons. The van der Waals surface area contributed by atoms with Crippen LogP contribution in [-0.4, -0.2) is 34.4 Å². The summed E-state index contributed by atoms with van der Waals surface area (Å²) in [7, 11) is 0. The SMILES string of the molecule is Cc1ccc(C#N)cc1NC(=O)NC(C(=O)O)C(C)O. The quantitative estimate of drug-likeness (QED) is 0.649. The minimum absolute atomic E-state index is 0.371. The van der Waals surface area contributed by atoms with Gasteiger partial charge in [-0.3, -0.25) is 0 Å². The monoisotopic (exact) mass is 277 g/mol. The van der Waals surface area contributed by atoms with E-state index in [1.165, 1.54) is 13.0 Å². The van der Waals surface area contributed by atoms with Crippen LogP contribution in [0, 0.1) is 18.3 Å². The summed E-state index contributed by atoms with van der Waals surface area (Å²) < 4.78 is 0. The molecule has 0 aliphatic carbocycles. The third kappa shape index (κ3) is 3.96. The third-order valence-corrected chi connectivity index (χ3v) is 2.65. The van der Waals surface area contributed by atoms with Gasteiger partial charge in [0.25, 0.3) is 0 Å². The van der Waals surface area contributed by atoms with E-state index in [0.717, 1.165) is 5.56 Å². The number of aliphatic carboxylic acids is 1. The highest BCUT2D eigenvalue weighted by Crippen LogP contribution is 2.16. The standard InChI is InChI=1S/C13H15N3O4/c1-7-3-4-9(6-14)5-10(7)15-13(20)16-11(8(2)17)12(18)19/h3-5,8,11,17H,1-2H3,(H,18,19)(H2,15,16,20). The maximum atomic E-state index is 11.7. The van der Waals surface area contributed by atoms with Gasteiger partial charge in [0.05, 0.1) is 17.7 Å². The Kier molecular flexibility index (Phi) is 5.06. The number of aliphatic hydroxyl groups excluding tert-OH is 1. The Morgan fingerprint density at radius 1 is 1.40 bits per heavy atom. The van der Waals surface area contributed by atoms with Gasteiger partial charge in [0.15, 0.2) is 6.04 Å². The Hall–Kier alpha value is -2.59. The largest absolute Gasteiger partial charge is 0.480 e. The molecule has 0 aromatic heterocycles. The van der Waals surface area contributed by atoms with Crippen molar-refractivity contribution in [3.05, 3.63) is 29.3 Å². The van der Waals surface area contributed by atoms with Crippen LogP contribution in [0.25, 0.3) is 0 Å². The number of hydrogen-bond donors (Lipinski definition) is 4. The lowest BCUT2D eigenvalue weighted by Gasteiger charge is -2.18. The van der Waals surface area contributed by atoms with Gasteiger partial charge in [-0.05, 0) is 31.5 Å². The molecule has 1 aromatic rings. The van der Waals surface area contributed by atoms with Crippen LogP contribution in [0.1, 0.15) is 18.1 Å².